The molecule has 3 rings (SSSR count). The molecule has 0 heterocycles. The maximum atomic E-state index is 13.7. The molecule has 0 aliphatic heterocycles. The first-order chi connectivity index (χ1) is 15.3. The summed E-state index contributed by atoms with van der Waals surface area (Å²) in [7, 11) is -2.61. The zero-order valence-corrected chi connectivity index (χ0v) is 18.2. The lowest BCUT2D eigenvalue weighted by atomic mass is 10.1. The van der Waals surface area contributed by atoms with E-state index in [0.717, 1.165) is 29.5 Å². The highest BCUT2D eigenvalue weighted by molar-refractivity contribution is 7.87. The van der Waals surface area contributed by atoms with Crippen molar-refractivity contribution >= 4 is 22.2 Å². The molecule has 166 valence electrons. The first-order valence-corrected chi connectivity index (χ1v) is 10.9. The number of halogens is 1. The van der Waals surface area contributed by atoms with Gasteiger partial charge in [-0.05, 0) is 55.0 Å². The average molecular weight is 456 g/mol. The highest BCUT2D eigenvalue weighted by atomic mass is 32.2. The van der Waals surface area contributed by atoms with Crippen LogP contribution in [-0.2, 0) is 21.3 Å². The Hall–Kier alpha value is -3.72. The number of hydrazone groups is 1. The molecule has 0 saturated carbocycles. The Labute approximate surface area is 185 Å². The van der Waals surface area contributed by atoms with Crippen molar-refractivity contribution in [2.45, 2.75) is 18.2 Å². The van der Waals surface area contributed by atoms with Crippen LogP contribution in [0.15, 0.2) is 76.7 Å². The van der Waals surface area contributed by atoms with Crippen molar-refractivity contribution in [3.8, 4) is 11.5 Å². The third-order valence-corrected chi connectivity index (χ3v) is 5.62. The standard InChI is InChI=1S/C23H21FN2O5S/c1-16-6-9-21(10-7-16)32(28,29)31-22-11-8-19(24)14-18(22)15-25-26-23(27)13-17-4-3-5-20(12-17)30-2/h3-12,14-15H,13H2,1-2H3,(H,26,27)/b25-15+. The molecule has 0 aliphatic rings. The van der Waals surface area contributed by atoms with Crippen molar-refractivity contribution in [3.05, 3.63) is 89.2 Å². The van der Waals surface area contributed by atoms with Crippen LogP contribution in [-0.4, -0.2) is 27.6 Å². The molecule has 0 bridgehead atoms. The number of amides is 1. The normalized spacial score (nSPS) is 11.3. The van der Waals surface area contributed by atoms with Gasteiger partial charge in [0.05, 0.1) is 19.7 Å². The molecule has 0 fully saturated rings. The zero-order valence-electron chi connectivity index (χ0n) is 17.4. The molecule has 0 aliphatic carbocycles. The van der Waals surface area contributed by atoms with Gasteiger partial charge in [-0.2, -0.15) is 13.5 Å². The van der Waals surface area contributed by atoms with Gasteiger partial charge >= 0.3 is 10.1 Å². The van der Waals surface area contributed by atoms with Crippen molar-refractivity contribution in [2.24, 2.45) is 5.10 Å². The second kappa shape index (κ2) is 10.1. The Kier molecular flexibility index (Phi) is 7.21. The Bertz CT molecular complexity index is 1240. The van der Waals surface area contributed by atoms with E-state index in [4.69, 9.17) is 8.92 Å². The first kappa shape index (κ1) is 23.0. The van der Waals surface area contributed by atoms with Crippen LogP contribution in [0.5, 0.6) is 11.5 Å². The molecule has 1 amide bonds. The van der Waals surface area contributed by atoms with Gasteiger partial charge < -0.3 is 8.92 Å². The van der Waals surface area contributed by atoms with Crippen LogP contribution in [0.2, 0.25) is 0 Å². The Morgan fingerprint density at radius 1 is 1.09 bits per heavy atom. The summed E-state index contributed by atoms with van der Waals surface area (Å²) in [5, 5.41) is 3.80. The molecule has 3 aromatic rings. The second-order valence-electron chi connectivity index (χ2n) is 6.85. The van der Waals surface area contributed by atoms with Gasteiger partial charge in [0.1, 0.15) is 16.5 Å². The number of nitrogens with one attached hydrogen (secondary N) is 1. The lowest BCUT2D eigenvalue weighted by molar-refractivity contribution is -0.120. The maximum absolute atomic E-state index is 13.7. The number of ether oxygens (including phenoxy) is 1. The molecule has 0 aromatic heterocycles. The van der Waals surface area contributed by atoms with Crippen LogP contribution in [0.4, 0.5) is 4.39 Å². The molecule has 7 nitrogen and oxygen atoms in total. The summed E-state index contributed by atoms with van der Waals surface area (Å²) in [5.41, 5.74) is 3.98. The molecular weight excluding hydrogens is 435 g/mol. The van der Waals surface area contributed by atoms with Crippen LogP contribution < -0.4 is 14.3 Å². The predicted molar refractivity (Wildman–Crippen MR) is 118 cm³/mol. The van der Waals surface area contributed by atoms with Gasteiger partial charge in [0.2, 0.25) is 5.91 Å². The number of carbonyl (C=O) groups is 1. The summed E-state index contributed by atoms with van der Waals surface area (Å²) in [6, 6.07) is 16.4. The van der Waals surface area contributed by atoms with Gasteiger partial charge in [-0.1, -0.05) is 29.8 Å². The van der Waals surface area contributed by atoms with Crippen LogP contribution >= 0.6 is 0 Å². The van der Waals surface area contributed by atoms with E-state index in [-0.39, 0.29) is 22.6 Å². The minimum Gasteiger partial charge on any atom is -0.497 e. The van der Waals surface area contributed by atoms with E-state index < -0.39 is 21.8 Å². The number of carbonyl (C=O) groups excluding carboxylic acids is 1. The predicted octanol–water partition coefficient (Wildman–Crippen LogP) is 3.60. The summed E-state index contributed by atoms with van der Waals surface area (Å²) in [5.74, 6) is -0.539. The fourth-order valence-corrected chi connectivity index (χ4v) is 3.70. The van der Waals surface area contributed by atoms with Crippen molar-refractivity contribution in [1.29, 1.82) is 0 Å². The summed E-state index contributed by atoms with van der Waals surface area (Å²) in [4.78, 5) is 12.1. The zero-order chi connectivity index (χ0) is 23.1. The van der Waals surface area contributed by atoms with Gasteiger partial charge in [-0.15, -0.1) is 0 Å². The van der Waals surface area contributed by atoms with Crippen LogP contribution in [0, 0.1) is 12.7 Å². The highest BCUT2D eigenvalue weighted by Gasteiger charge is 2.18. The molecule has 9 heteroatoms. The highest BCUT2D eigenvalue weighted by Crippen LogP contribution is 2.23. The van der Waals surface area contributed by atoms with Crippen LogP contribution in [0.3, 0.4) is 0 Å². The maximum Gasteiger partial charge on any atom is 0.339 e. The molecule has 0 saturated heterocycles. The number of hydrogen-bond acceptors (Lipinski definition) is 6. The van der Waals surface area contributed by atoms with E-state index in [2.05, 4.69) is 10.5 Å². The molecule has 0 atom stereocenters. The molecule has 1 N–H and O–H groups in total. The van der Waals surface area contributed by atoms with Crippen molar-refractivity contribution < 1.29 is 26.5 Å². The monoisotopic (exact) mass is 456 g/mol. The molecule has 0 radical (unpaired) electrons. The fourth-order valence-electron chi connectivity index (χ4n) is 2.75. The Morgan fingerprint density at radius 3 is 2.56 bits per heavy atom. The SMILES string of the molecule is COc1cccc(CC(=O)N/N=C/c2cc(F)ccc2OS(=O)(=O)c2ccc(C)cc2)c1. The fraction of sp³-hybridized carbons (Fsp3) is 0.130. The van der Waals surface area contributed by atoms with Gasteiger partial charge in [-0.25, -0.2) is 9.82 Å². The van der Waals surface area contributed by atoms with E-state index in [1.165, 1.54) is 25.3 Å². The van der Waals surface area contributed by atoms with Gasteiger partial charge in [0.25, 0.3) is 0 Å². The quantitative estimate of drug-likeness (QED) is 0.318. The summed E-state index contributed by atoms with van der Waals surface area (Å²) >= 11 is 0. The number of rotatable bonds is 8. The van der Waals surface area contributed by atoms with Crippen molar-refractivity contribution in [3.63, 3.8) is 0 Å². The lowest BCUT2D eigenvalue weighted by Gasteiger charge is -2.10. The summed E-state index contributed by atoms with van der Waals surface area (Å²) < 4.78 is 49.1. The average Bonchev–Trinajstić information content (AvgIpc) is 2.76. The molecule has 0 unspecified atom stereocenters. The largest absolute Gasteiger partial charge is 0.497 e. The third-order valence-electron chi connectivity index (χ3n) is 4.37. The minimum absolute atomic E-state index is 0.0399. The minimum atomic E-state index is -4.14. The summed E-state index contributed by atoms with van der Waals surface area (Å²) in [6.07, 6.45) is 1.16. The van der Waals surface area contributed by atoms with E-state index in [1.807, 2.05) is 6.92 Å². The van der Waals surface area contributed by atoms with Gasteiger partial charge in [0.15, 0.2) is 5.75 Å². The van der Waals surface area contributed by atoms with E-state index in [9.17, 15) is 17.6 Å². The van der Waals surface area contributed by atoms with Gasteiger partial charge in [-0.3, -0.25) is 4.79 Å². The molecule has 0 spiro atoms. The lowest BCUT2D eigenvalue weighted by Crippen LogP contribution is -2.20. The van der Waals surface area contributed by atoms with Crippen LogP contribution in [0.1, 0.15) is 16.7 Å². The number of nitrogens with zero attached hydrogens (tertiary/aromatic N) is 1. The number of benzene rings is 3. The molecule has 3 aromatic carbocycles. The van der Waals surface area contributed by atoms with Gasteiger partial charge in [0, 0.05) is 5.56 Å². The first-order valence-electron chi connectivity index (χ1n) is 9.52. The number of hydrogen-bond donors (Lipinski definition) is 1. The number of methoxy groups -OCH3 is 1. The Morgan fingerprint density at radius 2 is 1.84 bits per heavy atom. The number of aryl methyl sites for hydroxylation is 1. The van der Waals surface area contributed by atoms with E-state index >= 15 is 0 Å². The molecule has 32 heavy (non-hydrogen) atoms. The van der Waals surface area contributed by atoms with Crippen molar-refractivity contribution in [2.75, 3.05) is 7.11 Å². The van der Waals surface area contributed by atoms with E-state index in [0.29, 0.717) is 5.75 Å². The van der Waals surface area contributed by atoms with Crippen LogP contribution in [0.25, 0.3) is 0 Å². The summed E-state index contributed by atoms with van der Waals surface area (Å²) in [6.45, 7) is 1.83. The molecular formula is C23H21FN2O5S. The second-order valence-corrected chi connectivity index (χ2v) is 8.40. The van der Waals surface area contributed by atoms with E-state index in [1.54, 1.807) is 36.4 Å². The smallest absolute Gasteiger partial charge is 0.339 e. The topological polar surface area (TPSA) is 94.1 Å². The van der Waals surface area contributed by atoms with Crippen molar-refractivity contribution in [1.82, 2.24) is 5.43 Å². The third kappa shape index (κ3) is 6.14. The Balaban J connectivity index is 1.72.